The number of nitrogens with zero attached hydrogens (tertiary/aromatic N) is 1. The van der Waals surface area contributed by atoms with E-state index in [9.17, 15) is 19.3 Å². The normalized spacial score (nSPS) is 23.9. The van der Waals surface area contributed by atoms with Gasteiger partial charge in [0.05, 0.1) is 12.7 Å². The molecular formula is C10H15N2Na2O8P. The first-order valence-electron chi connectivity index (χ1n) is 6.03. The molecule has 4 N–H and O–H groups in total. The van der Waals surface area contributed by atoms with Gasteiger partial charge in [0.15, 0.2) is 0 Å². The summed E-state index contributed by atoms with van der Waals surface area (Å²) in [7, 11) is -4.67. The van der Waals surface area contributed by atoms with Crippen molar-refractivity contribution in [3.8, 4) is 0 Å². The third-order valence-corrected chi connectivity index (χ3v) is 3.55. The standard InChI is InChI=1S/C10H15N2O8P.2Na/c1-5-3-12(10(15)11-9(5)14)8-2-6(13)7(20-8)4-19-21(16,17)18;;/h3,6-8,13H,2,4H2,1H3,(H,11,14,15)(H2,16,17,18);;. The molecule has 10 nitrogen and oxygen atoms in total. The van der Waals surface area contributed by atoms with Crippen LogP contribution < -0.4 is 11.2 Å². The van der Waals surface area contributed by atoms with E-state index < -0.39 is 44.1 Å². The van der Waals surface area contributed by atoms with E-state index in [1.54, 1.807) is 0 Å². The zero-order valence-corrected chi connectivity index (χ0v) is 17.9. The van der Waals surface area contributed by atoms with Crippen LogP contribution in [0.1, 0.15) is 18.2 Å². The Morgan fingerprint density at radius 3 is 2.61 bits per heavy atom. The summed E-state index contributed by atoms with van der Waals surface area (Å²) in [5.74, 6) is 0. The average molecular weight is 368 g/mol. The topological polar surface area (TPSA) is 151 Å². The van der Waals surface area contributed by atoms with Crippen LogP contribution in [0.15, 0.2) is 15.8 Å². The number of aromatic nitrogens is 2. The molecule has 0 spiro atoms. The number of aliphatic hydroxyl groups is 1. The predicted molar refractivity (Wildman–Crippen MR) is 80.1 cm³/mol. The van der Waals surface area contributed by atoms with Crippen LogP contribution in [0.3, 0.4) is 0 Å². The van der Waals surface area contributed by atoms with Crippen molar-refractivity contribution >= 4 is 66.9 Å². The molecule has 3 unspecified atom stereocenters. The zero-order chi connectivity index (χ0) is 15.8. The van der Waals surface area contributed by atoms with Crippen LogP contribution >= 0.6 is 7.82 Å². The maximum atomic E-state index is 11.7. The Morgan fingerprint density at radius 1 is 1.43 bits per heavy atom. The van der Waals surface area contributed by atoms with Crippen molar-refractivity contribution in [1.82, 2.24) is 9.55 Å². The number of H-pyrrole nitrogens is 1. The third kappa shape index (κ3) is 6.50. The monoisotopic (exact) mass is 368 g/mol. The van der Waals surface area contributed by atoms with Crippen LogP contribution in [0.5, 0.6) is 0 Å². The molecule has 1 saturated heterocycles. The fourth-order valence-corrected chi connectivity index (χ4v) is 2.35. The van der Waals surface area contributed by atoms with E-state index in [0.29, 0.717) is 5.56 Å². The van der Waals surface area contributed by atoms with Gasteiger partial charge in [0.2, 0.25) is 0 Å². The molecule has 1 aromatic heterocycles. The summed E-state index contributed by atoms with van der Waals surface area (Å²) in [6.45, 7) is 0.994. The number of aryl methyl sites for hydroxylation is 1. The molecule has 0 aromatic carbocycles. The molecule has 3 atom stereocenters. The number of phosphoric ester groups is 1. The largest absolute Gasteiger partial charge is 0.469 e. The van der Waals surface area contributed by atoms with Gasteiger partial charge in [-0.1, -0.05) is 0 Å². The predicted octanol–water partition coefficient (Wildman–Crippen LogP) is -2.16. The number of hydrogen-bond acceptors (Lipinski definition) is 6. The Kier molecular flexibility index (Phi) is 9.71. The van der Waals surface area contributed by atoms with E-state index in [0.717, 1.165) is 4.57 Å². The van der Waals surface area contributed by atoms with Crippen LogP contribution in [-0.2, 0) is 13.8 Å². The summed E-state index contributed by atoms with van der Waals surface area (Å²) in [5, 5.41) is 9.79. The van der Waals surface area contributed by atoms with Gasteiger partial charge in [0.25, 0.3) is 5.56 Å². The minimum atomic E-state index is -4.67. The molecule has 120 valence electrons. The number of nitrogens with one attached hydrogen (secondary N) is 1. The number of hydrogen-bond donors (Lipinski definition) is 4. The Labute approximate surface area is 175 Å². The molecule has 1 aromatic rings. The van der Waals surface area contributed by atoms with Gasteiger partial charge in [-0.25, -0.2) is 9.36 Å². The first-order valence-corrected chi connectivity index (χ1v) is 7.56. The van der Waals surface area contributed by atoms with Crippen molar-refractivity contribution in [3.63, 3.8) is 0 Å². The van der Waals surface area contributed by atoms with E-state index in [1.165, 1.54) is 13.1 Å². The second kappa shape index (κ2) is 9.42. The van der Waals surface area contributed by atoms with Crippen molar-refractivity contribution in [2.24, 2.45) is 0 Å². The molecule has 1 fully saturated rings. The van der Waals surface area contributed by atoms with E-state index in [-0.39, 0.29) is 65.5 Å². The summed E-state index contributed by atoms with van der Waals surface area (Å²) < 4.78 is 21.4. The van der Waals surface area contributed by atoms with Crippen molar-refractivity contribution < 1.29 is 28.7 Å². The van der Waals surface area contributed by atoms with Crippen molar-refractivity contribution in [1.29, 1.82) is 0 Å². The van der Waals surface area contributed by atoms with Gasteiger partial charge in [-0.2, -0.15) is 0 Å². The summed E-state index contributed by atoms with van der Waals surface area (Å²) in [6.07, 6.45) is -1.57. The molecule has 0 aliphatic carbocycles. The number of aromatic amines is 1. The first kappa shape index (κ1) is 23.7. The smallest absolute Gasteiger partial charge is 0.390 e. The van der Waals surface area contributed by atoms with Gasteiger partial charge in [-0.05, 0) is 6.92 Å². The number of rotatable bonds is 4. The quantitative estimate of drug-likeness (QED) is 0.347. The molecule has 2 radical (unpaired) electrons. The summed E-state index contributed by atoms with van der Waals surface area (Å²) in [5.41, 5.74) is -0.918. The second-order valence-corrected chi connectivity index (χ2v) is 5.94. The van der Waals surface area contributed by atoms with Gasteiger partial charge in [0.1, 0.15) is 12.3 Å². The van der Waals surface area contributed by atoms with E-state index in [4.69, 9.17) is 14.5 Å². The molecule has 1 aliphatic heterocycles. The van der Waals surface area contributed by atoms with Gasteiger partial charge in [0, 0.05) is 77.3 Å². The average Bonchev–Trinajstić information content (AvgIpc) is 2.72. The molecule has 0 bridgehead atoms. The first-order chi connectivity index (χ1) is 9.67. The molecule has 1 aliphatic rings. The molecule has 2 rings (SSSR count). The van der Waals surface area contributed by atoms with Crippen LogP contribution in [0, 0.1) is 6.92 Å². The van der Waals surface area contributed by atoms with Crippen LogP contribution in [-0.4, -0.2) is 102 Å². The maximum Gasteiger partial charge on any atom is 0.469 e. The fraction of sp³-hybridized carbons (Fsp3) is 0.600. The minimum absolute atomic E-state index is 0. The zero-order valence-electron chi connectivity index (χ0n) is 13.0. The SMILES string of the molecule is Cc1cn(C2CC(O)C(COP(=O)(O)O)O2)c(=O)[nH]c1=O.[Na].[Na]. The van der Waals surface area contributed by atoms with Crippen molar-refractivity contribution in [2.45, 2.75) is 31.8 Å². The number of aliphatic hydroxyl groups excluding tert-OH is 1. The van der Waals surface area contributed by atoms with E-state index in [1.807, 2.05) is 0 Å². The molecule has 13 heteroatoms. The Morgan fingerprint density at radius 2 is 2.04 bits per heavy atom. The van der Waals surface area contributed by atoms with Gasteiger partial charge < -0.3 is 19.6 Å². The Balaban J connectivity index is 0.00000242. The fourth-order valence-electron chi connectivity index (χ4n) is 2.01. The third-order valence-electron chi connectivity index (χ3n) is 3.07. The van der Waals surface area contributed by atoms with E-state index >= 15 is 0 Å². The van der Waals surface area contributed by atoms with E-state index in [2.05, 4.69) is 9.51 Å². The minimum Gasteiger partial charge on any atom is -0.390 e. The van der Waals surface area contributed by atoms with Crippen LogP contribution in [0.4, 0.5) is 0 Å². The van der Waals surface area contributed by atoms with Crippen molar-refractivity contribution in [2.75, 3.05) is 6.61 Å². The van der Waals surface area contributed by atoms with Gasteiger partial charge in [-0.15, -0.1) is 0 Å². The van der Waals surface area contributed by atoms with Crippen LogP contribution in [0.25, 0.3) is 0 Å². The van der Waals surface area contributed by atoms with Crippen LogP contribution in [0.2, 0.25) is 0 Å². The number of phosphoric acid groups is 1. The Hall–Kier alpha value is 0.710. The Bertz CT molecular complexity index is 686. The van der Waals surface area contributed by atoms with Crippen molar-refractivity contribution in [3.05, 3.63) is 32.6 Å². The molecule has 0 amide bonds. The summed E-state index contributed by atoms with van der Waals surface area (Å²) in [6, 6.07) is 0. The summed E-state index contributed by atoms with van der Waals surface area (Å²) in [4.78, 5) is 42.3. The number of ether oxygens (including phenoxy) is 1. The maximum absolute atomic E-state index is 11.7. The molecule has 2 heterocycles. The molecule has 0 saturated carbocycles. The molecular weight excluding hydrogens is 353 g/mol. The van der Waals surface area contributed by atoms with Gasteiger partial charge >= 0.3 is 13.5 Å². The van der Waals surface area contributed by atoms with Gasteiger partial charge in [-0.3, -0.25) is 18.9 Å². The second-order valence-electron chi connectivity index (χ2n) is 4.70. The molecule has 23 heavy (non-hydrogen) atoms. The summed E-state index contributed by atoms with van der Waals surface area (Å²) >= 11 is 0.